The number of nitrogens with zero attached hydrogens (tertiary/aromatic N) is 4. The summed E-state index contributed by atoms with van der Waals surface area (Å²) in [5.41, 5.74) is 4.76. The lowest BCUT2D eigenvalue weighted by Gasteiger charge is -2.06. The van der Waals surface area contributed by atoms with Crippen molar-refractivity contribution in [2.45, 2.75) is 26.2 Å². The number of nitrogens with one attached hydrogen (secondary N) is 1. The van der Waals surface area contributed by atoms with Gasteiger partial charge < -0.3 is 9.94 Å². The number of para-hydroxylation sites is 2. The molecule has 0 spiro atoms. The van der Waals surface area contributed by atoms with Crippen LogP contribution in [0.5, 0.6) is 5.75 Å². The molecule has 0 aliphatic carbocycles. The van der Waals surface area contributed by atoms with E-state index in [-0.39, 0.29) is 5.91 Å². The molecule has 0 aliphatic rings. The summed E-state index contributed by atoms with van der Waals surface area (Å²) >= 11 is 0. The maximum Gasteiger partial charge on any atom is 0.366 e. The highest BCUT2D eigenvalue weighted by Gasteiger charge is 2.22. The van der Waals surface area contributed by atoms with Crippen LogP contribution >= 0.6 is 0 Å². The van der Waals surface area contributed by atoms with Crippen molar-refractivity contribution in [3.05, 3.63) is 89.6 Å². The van der Waals surface area contributed by atoms with E-state index in [1.54, 1.807) is 36.4 Å². The third-order valence-electron chi connectivity index (χ3n) is 5.87. The summed E-state index contributed by atoms with van der Waals surface area (Å²) in [5, 5.41) is 23.3. The molecule has 0 saturated carbocycles. The molecule has 0 bridgehead atoms. The predicted molar refractivity (Wildman–Crippen MR) is 133 cm³/mol. The van der Waals surface area contributed by atoms with Gasteiger partial charge in [0.15, 0.2) is 0 Å². The third kappa shape index (κ3) is 4.63. The molecule has 2 heterocycles. The quantitative estimate of drug-likeness (QED) is 0.197. The number of benzene rings is 3. The summed E-state index contributed by atoms with van der Waals surface area (Å²) < 4.78 is 6.91. The largest absolute Gasteiger partial charge is 0.691 e. The normalized spacial score (nSPS) is 11.1. The lowest BCUT2D eigenvalue weighted by Crippen LogP contribution is -2.31. The minimum atomic E-state index is -0.371. The Morgan fingerprint density at radius 3 is 2.51 bits per heavy atom. The number of aromatic amines is 1. The van der Waals surface area contributed by atoms with Gasteiger partial charge in [-0.15, -0.1) is 4.85 Å². The monoisotopic (exact) mass is 467 g/mol. The molecule has 0 unspecified atom stereocenters. The van der Waals surface area contributed by atoms with Gasteiger partial charge in [-0.3, -0.25) is 5.10 Å². The summed E-state index contributed by atoms with van der Waals surface area (Å²) in [6, 6.07) is 23.8. The van der Waals surface area contributed by atoms with E-state index in [1.807, 2.05) is 42.5 Å². The number of rotatable bonds is 8. The van der Waals surface area contributed by atoms with Crippen LogP contribution in [0.4, 0.5) is 0 Å². The maximum atomic E-state index is 13.0. The van der Waals surface area contributed by atoms with Gasteiger partial charge in [-0.05, 0) is 66.6 Å². The predicted octanol–water partition coefficient (Wildman–Crippen LogP) is 4.98. The van der Waals surface area contributed by atoms with Crippen molar-refractivity contribution in [2.75, 3.05) is 6.61 Å². The molecule has 0 aliphatic heterocycles. The highest BCUT2D eigenvalue weighted by atomic mass is 16.5. The van der Waals surface area contributed by atoms with Gasteiger partial charge in [-0.1, -0.05) is 48.7 Å². The number of fused-ring (bicyclic) bond motifs is 1. The molecule has 1 N–H and O–H groups in total. The van der Waals surface area contributed by atoms with Crippen LogP contribution in [0.3, 0.4) is 0 Å². The summed E-state index contributed by atoms with van der Waals surface area (Å²) in [6.45, 7) is 2.90. The van der Waals surface area contributed by atoms with Gasteiger partial charge in [-0.2, -0.15) is 5.10 Å². The van der Waals surface area contributed by atoms with Crippen molar-refractivity contribution in [1.29, 1.82) is 0 Å². The molecular weight excluding hydrogens is 442 g/mol. The van der Waals surface area contributed by atoms with Crippen LogP contribution in [0.1, 0.15) is 36.5 Å². The Kier molecular flexibility index (Phi) is 6.26. The summed E-state index contributed by atoms with van der Waals surface area (Å²) in [7, 11) is 0. The first-order valence-corrected chi connectivity index (χ1v) is 11.7. The number of hydrogen-bond acceptors (Lipinski definition) is 5. The van der Waals surface area contributed by atoms with Crippen molar-refractivity contribution in [3.8, 4) is 28.3 Å². The van der Waals surface area contributed by atoms with E-state index in [0.29, 0.717) is 21.4 Å². The first kappa shape index (κ1) is 22.3. The van der Waals surface area contributed by atoms with Crippen LogP contribution < -0.4 is 9.58 Å². The van der Waals surface area contributed by atoms with Gasteiger partial charge in [0.1, 0.15) is 11.0 Å². The summed E-state index contributed by atoms with van der Waals surface area (Å²) in [6.07, 6.45) is 3.40. The van der Waals surface area contributed by atoms with E-state index in [0.717, 1.165) is 46.0 Å². The molecular formula is C27H25N5O3. The zero-order valence-electron chi connectivity index (χ0n) is 19.3. The van der Waals surface area contributed by atoms with E-state index in [9.17, 15) is 10.0 Å². The van der Waals surface area contributed by atoms with Crippen LogP contribution in [0.25, 0.3) is 33.5 Å². The zero-order chi connectivity index (χ0) is 24.2. The molecule has 8 heteroatoms. The number of ether oxygens (including phenoxy) is 1. The number of hydrogen-bond donors (Lipinski definition) is 1. The van der Waals surface area contributed by atoms with Gasteiger partial charge in [-0.25, -0.2) is 4.79 Å². The summed E-state index contributed by atoms with van der Waals surface area (Å²) in [4.78, 5) is 13.4. The molecule has 0 fully saturated rings. The van der Waals surface area contributed by atoms with E-state index in [4.69, 9.17) is 4.74 Å². The van der Waals surface area contributed by atoms with Gasteiger partial charge in [0.2, 0.25) is 11.0 Å². The van der Waals surface area contributed by atoms with Crippen LogP contribution in [-0.4, -0.2) is 32.6 Å². The number of unbranched alkanes of at least 4 members (excludes halogenated alkanes) is 2. The molecule has 5 rings (SSSR count). The number of carbonyl (C=O) groups excluding carboxylic acids is 1. The van der Waals surface area contributed by atoms with Crippen molar-refractivity contribution in [3.63, 3.8) is 0 Å². The average molecular weight is 468 g/mol. The third-order valence-corrected chi connectivity index (χ3v) is 5.87. The van der Waals surface area contributed by atoms with Crippen LogP contribution in [0, 0.1) is 5.21 Å². The van der Waals surface area contributed by atoms with E-state index >= 15 is 0 Å². The Morgan fingerprint density at radius 2 is 1.74 bits per heavy atom. The van der Waals surface area contributed by atoms with Gasteiger partial charge in [0.25, 0.3) is 0 Å². The molecule has 2 aromatic heterocycles. The minimum Gasteiger partial charge on any atom is -0.691 e. The molecule has 0 saturated heterocycles. The van der Waals surface area contributed by atoms with Crippen LogP contribution in [0.15, 0.2) is 78.9 Å². The number of aromatic nitrogens is 5. The molecule has 0 radical (unpaired) electrons. The first-order chi connectivity index (χ1) is 17.1. The SMILES string of the molecule is CCCCCOc1ccc(-c2cc(-c3ccc(C(=O)n4n[n+]([O-])c5ccccc54)cc3)[nH]n2)cc1. The van der Waals surface area contributed by atoms with Crippen LogP contribution in [-0.2, 0) is 0 Å². The van der Waals surface area contributed by atoms with Crippen molar-refractivity contribution >= 4 is 16.9 Å². The minimum absolute atomic E-state index is 0.346. The Bertz CT molecular complexity index is 1450. The van der Waals surface area contributed by atoms with Crippen LogP contribution in [0.2, 0.25) is 0 Å². The van der Waals surface area contributed by atoms with E-state index in [1.165, 1.54) is 12.8 Å². The van der Waals surface area contributed by atoms with Crippen molar-refractivity contribution in [1.82, 2.24) is 20.1 Å². The van der Waals surface area contributed by atoms with E-state index < -0.39 is 0 Å². The molecule has 0 atom stereocenters. The average Bonchev–Trinajstić information content (AvgIpc) is 3.52. The maximum absolute atomic E-state index is 13.0. The molecule has 5 aromatic rings. The zero-order valence-corrected chi connectivity index (χ0v) is 19.3. The smallest absolute Gasteiger partial charge is 0.366 e. The lowest BCUT2D eigenvalue weighted by molar-refractivity contribution is -0.645. The van der Waals surface area contributed by atoms with Crippen molar-refractivity contribution in [2.24, 2.45) is 0 Å². The topological polar surface area (TPSA) is 99.7 Å². The lowest BCUT2D eigenvalue weighted by atomic mass is 10.1. The first-order valence-electron chi connectivity index (χ1n) is 11.7. The molecule has 176 valence electrons. The van der Waals surface area contributed by atoms with Gasteiger partial charge >= 0.3 is 5.91 Å². The second-order valence-corrected chi connectivity index (χ2v) is 8.29. The molecule has 35 heavy (non-hydrogen) atoms. The number of carbonyl (C=O) groups is 1. The number of H-pyrrole nitrogens is 1. The van der Waals surface area contributed by atoms with E-state index in [2.05, 4.69) is 22.3 Å². The van der Waals surface area contributed by atoms with Gasteiger partial charge in [0, 0.05) is 5.56 Å². The highest BCUT2D eigenvalue weighted by molar-refractivity contribution is 5.99. The summed E-state index contributed by atoms with van der Waals surface area (Å²) in [5.74, 6) is 0.484. The highest BCUT2D eigenvalue weighted by Crippen LogP contribution is 2.26. The Morgan fingerprint density at radius 1 is 1.00 bits per heavy atom. The Hall–Kier alpha value is -4.46. The second kappa shape index (κ2) is 9.80. The fourth-order valence-electron chi connectivity index (χ4n) is 3.93. The Balaban J connectivity index is 1.30. The Labute approximate surface area is 202 Å². The standard InChI is InChI=1S/C27H25N5O3/c1-2-3-6-17-35-22-15-13-20(14-16-22)24-18-23(28-29-24)19-9-11-21(12-10-19)27(33)31-25-7-4-5-8-26(25)32(34)30-31/h4-5,7-16,18H,2-3,6,17H2,1H3,(H,28,29). The molecule has 0 amide bonds. The molecule has 8 nitrogen and oxygen atoms in total. The fraction of sp³-hybridized carbons (Fsp3) is 0.185. The fourth-order valence-corrected chi connectivity index (χ4v) is 3.93. The molecule has 3 aromatic carbocycles. The second-order valence-electron chi connectivity index (χ2n) is 8.29. The van der Waals surface area contributed by atoms with Crippen molar-refractivity contribution < 1.29 is 14.4 Å². The van der Waals surface area contributed by atoms with Gasteiger partial charge in [0.05, 0.1) is 23.6 Å².